The summed E-state index contributed by atoms with van der Waals surface area (Å²) in [5, 5.41) is 2.49. The molecule has 0 aliphatic carbocycles. The second-order valence-electron chi connectivity index (χ2n) is 5.82. The molecule has 0 fully saturated rings. The fourth-order valence-electron chi connectivity index (χ4n) is 2.78. The topological polar surface area (TPSA) is 72.2 Å². The van der Waals surface area contributed by atoms with Crippen molar-refractivity contribution in [2.75, 3.05) is 5.32 Å². The summed E-state index contributed by atoms with van der Waals surface area (Å²) < 4.78 is 28.2. The summed E-state index contributed by atoms with van der Waals surface area (Å²) in [5.41, 5.74) is 2.86. The van der Waals surface area contributed by atoms with Gasteiger partial charge in [-0.3, -0.25) is 14.5 Å². The fourth-order valence-corrected chi connectivity index (χ4v) is 2.78. The number of hydrogen-bond acceptors (Lipinski definition) is 4. The summed E-state index contributed by atoms with van der Waals surface area (Å²) in [6.45, 7) is 1.87. The Morgan fingerprint density at radius 1 is 1.07 bits per heavy atom. The quantitative estimate of drug-likeness (QED) is 0.602. The third-order valence-electron chi connectivity index (χ3n) is 4.01. The highest BCUT2D eigenvalue weighted by Gasteiger charge is 2.15. The van der Waals surface area contributed by atoms with E-state index in [0.29, 0.717) is 5.69 Å². The van der Waals surface area contributed by atoms with Crippen LogP contribution in [0.2, 0.25) is 0 Å². The molecule has 0 aliphatic heterocycles. The van der Waals surface area contributed by atoms with Crippen molar-refractivity contribution in [3.05, 3.63) is 77.8 Å². The number of pyridine rings is 1. The first-order chi connectivity index (χ1) is 13.0. The van der Waals surface area contributed by atoms with E-state index in [2.05, 4.69) is 20.3 Å². The molecule has 8 heteroatoms. The first-order valence-corrected chi connectivity index (χ1v) is 8.06. The highest BCUT2D eigenvalue weighted by Crippen LogP contribution is 2.23. The summed E-state index contributed by atoms with van der Waals surface area (Å²) in [7, 11) is 0. The molecule has 0 saturated carbocycles. The lowest BCUT2D eigenvalue weighted by molar-refractivity contribution is 0.102. The molecule has 1 N–H and O–H groups in total. The smallest absolute Gasteiger partial charge is 0.258 e. The van der Waals surface area contributed by atoms with Gasteiger partial charge in [-0.15, -0.1) is 0 Å². The molecule has 1 aromatic carbocycles. The van der Waals surface area contributed by atoms with Gasteiger partial charge in [0, 0.05) is 18.0 Å². The van der Waals surface area contributed by atoms with Crippen LogP contribution in [0, 0.1) is 18.6 Å². The maximum atomic E-state index is 13.3. The number of aryl methyl sites for hydroxylation is 1. The maximum Gasteiger partial charge on any atom is 0.258 e. The van der Waals surface area contributed by atoms with Crippen LogP contribution in [0.1, 0.15) is 16.1 Å². The molecule has 0 aliphatic rings. The Hall–Kier alpha value is -3.68. The van der Waals surface area contributed by atoms with Gasteiger partial charge in [0.05, 0.1) is 17.1 Å². The van der Waals surface area contributed by atoms with E-state index in [1.807, 2.05) is 35.7 Å². The lowest BCUT2D eigenvalue weighted by atomic mass is 10.2. The van der Waals surface area contributed by atoms with Crippen LogP contribution in [0.25, 0.3) is 17.0 Å². The monoisotopic (exact) mass is 365 g/mol. The molecule has 0 saturated heterocycles. The molecule has 0 atom stereocenters. The number of benzene rings is 1. The number of carbonyl (C=O) groups is 1. The van der Waals surface area contributed by atoms with Gasteiger partial charge in [-0.2, -0.15) is 0 Å². The first-order valence-electron chi connectivity index (χ1n) is 8.06. The second-order valence-corrected chi connectivity index (χ2v) is 5.82. The zero-order chi connectivity index (χ0) is 19.0. The van der Waals surface area contributed by atoms with E-state index in [0.717, 1.165) is 29.2 Å². The van der Waals surface area contributed by atoms with Crippen molar-refractivity contribution in [1.82, 2.24) is 19.4 Å². The number of imidazole rings is 1. The predicted molar refractivity (Wildman–Crippen MR) is 95.3 cm³/mol. The third kappa shape index (κ3) is 3.12. The largest absolute Gasteiger partial charge is 0.298 e. The summed E-state index contributed by atoms with van der Waals surface area (Å²) >= 11 is 0. The zero-order valence-corrected chi connectivity index (χ0v) is 14.1. The minimum atomic E-state index is -1.10. The first kappa shape index (κ1) is 16.8. The van der Waals surface area contributed by atoms with Crippen LogP contribution in [0.4, 0.5) is 14.7 Å². The van der Waals surface area contributed by atoms with Gasteiger partial charge < -0.3 is 0 Å². The Balaban J connectivity index is 1.67. The van der Waals surface area contributed by atoms with Crippen molar-refractivity contribution < 1.29 is 13.6 Å². The normalized spacial score (nSPS) is 10.9. The van der Waals surface area contributed by atoms with Crippen LogP contribution < -0.4 is 5.32 Å². The molecule has 6 nitrogen and oxygen atoms in total. The van der Waals surface area contributed by atoms with E-state index in [1.54, 1.807) is 6.07 Å². The van der Waals surface area contributed by atoms with Crippen LogP contribution in [0.15, 0.2) is 54.9 Å². The molecule has 1 amide bonds. The van der Waals surface area contributed by atoms with Crippen LogP contribution >= 0.6 is 0 Å². The Morgan fingerprint density at radius 3 is 2.74 bits per heavy atom. The number of halogens is 2. The lowest BCUT2D eigenvalue weighted by Crippen LogP contribution is -2.15. The van der Waals surface area contributed by atoms with Crippen LogP contribution in [0.3, 0.4) is 0 Å². The molecule has 3 heterocycles. The van der Waals surface area contributed by atoms with E-state index < -0.39 is 17.5 Å². The van der Waals surface area contributed by atoms with E-state index >= 15 is 0 Å². The van der Waals surface area contributed by atoms with Crippen molar-refractivity contribution in [3.8, 4) is 11.4 Å². The molecular weight excluding hydrogens is 352 g/mol. The number of fused-ring (bicyclic) bond motifs is 1. The maximum absolute atomic E-state index is 13.3. The van der Waals surface area contributed by atoms with E-state index in [4.69, 9.17) is 0 Å². The molecule has 4 rings (SSSR count). The summed E-state index contributed by atoms with van der Waals surface area (Å²) in [6.07, 6.45) is 3.37. The van der Waals surface area contributed by atoms with Crippen molar-refractivity contribution in [2.24, 2.45) is 0 Å². The Morgan fingerprint density at radius 2 is 1.93 bits per heavy atom. The molecule has 0 bridgehead atoms. The van der Waals surface area contributed by atoms with E-state index in [9.17, 15) is 13.6 Å². The van der Waals surface area contributed by atoms with Crippen LogP contribution in [0.5, 0.6) is 0 Å². The highest BCUT2D eigenvalue weighted by molar-refractivity contribution is 6.03. The Kier molecular flexibility index (Phi) is 4.08. The predicted octanol–water partition coefficient (Wildman–Crippen LogP) is 3.63. The van der Waals surface area contributed by atoms with E-state index in [-0.39, 0.29) is 11.5 Å². The Labute approximate surface area is 152 Å². The minimum absolute atomic E-state index is 0.0334. The van der Waals surface area contributed by atoms with Crippen LogP contribution in [-0.4, -0.2) is 25.3 Å². The molecule has 0 spiro atoms. The molecule has 4 aromatic rings. The van der Waals surface area contributed by atoms with Crippen molar-refractivity contribution in [1.29, 1.82) is 0 Å². The summed E-state index contributed by atoms with van der Waals surface area (Å²) in [5.74, 6) is -2.71. The van der Waals surface area contributed by atoms with Gasteiger partial charge in [0.15, 0.2) is 11.6 Å². The molecule has 0 unspecified atom stereocenters. The number of amides is 1. The SMILES string of the molecule is Cc1nc2ccccn2c1-c1ccnc(NC(=O)c2ccc(F)c(F)c2)n1. The lowest BCUT2D eigenvalue weighted by Gasteiger charge is -2.07. The standard InChI is InChI=1S/C19H13F2N5O/c1-11-17(26-9-3-2-4-16(26)23-11)15-7-8-22-19(24-15)25-18(27)12-5-6-13(20)14(21)10-12/h2-10H,1H3,(H,22,24,25,27). The number of hydrogen-bond donors (Lipinski definition) is 1. The number of nitrogens with one attached hydrogen (secondary N) is 1. The third-order valence-corrected chi connectivity index (χ3v) is 4.01. The second kappa shape index (κ2) is 6.56. The average molecular weight is 365 g/mol. The molecular formula is C19H13F2N5O. The number of aromatic nitrogens is 4. The Bertz CT molecular complexity index is 1170. The van der Waals surface area contributed by atoms with Gasteiger partial charge in [-0.25, -0.2) is 23.7 Å². The molecule has 3 aromatic heterocycles. The minimum Gasteiger partial charge on any atom is -0.298 e. The van der Waals surface area contributed by atoms with Crippen molar-refractivity contribution >= 4 is 17.5 Å². The highest BCUT2D eigenvalue weighted by atomic mass is 19.2. The van der Waals surface area contributed by atoms with Gasteiger partial charge >= 0.3 is 0 Å². The van der Waals surface area contributed by atoms with Gasteiger partial charge in [-0.1, -0.05) is 6.07 Å². The number of nitrogens with zero attached hydrogens (tertiary/aromatic N) is 4. The fraction of sp³-hybridized carbons (Fsp3) is 0.0526. The molecule has 27 heavy (non-hydrogen) atoms. The van der Waals surface area contributed by atoms with Gasteiger partial charge in [0.1, 0.15) is 5.65 Å². The zero-order valence-electron chi connectivity index (χ0n) is 14.1. The van der Waals surface area contributed by atoms with Crippen molar-refractivity contribution in [3.63, 3.8) is 0 Å². The average Bonchev–Trinajstić information content (AvgIpc) is 3.00. The van der Waals surface area contributed by atoms with Gasteiger partial charge in [0.25, 0.3) is 5.91 Å². The van der Waals surface area contributed by atoms with Gasteiger partial charge in [0.2, 0.25) is 5.95 Å². The molecule has 0 radical (unpaired) electrons. The number of rotatable bonds is 3. The van der Waals surface area contributed by atoms with Crippen LogP contribution in [-0.2, 0) is 0 Å². The number of anilines is 1. The summed E-state index contributed by atoms with van der Waals surface area (Å²) in [6, 6.07) is 10.3. The van der Waals surface area contributed by atoms with Crippen molar-refractivity contribution in [2.45, 2.75) is 6.92 Å². The summed E-state index contributed by atoms with van der Waals surface area (Å²) in [4.78, 5) is 25.1. The van der Waals surface area contributed by atoms with Gasteiger partial charge in [-0.05, 0) is 43.3 Å². The number of carbonyl (C=O) groups excluding carboxylic acids is 1. The molecule has 134 valence electrons. The van der Waals surface area contributed by atoms with E-state index in [1.165, 1.54) is 12.3 Å².